The summed E-state index contributed by atoms with van der Waals surface area (Å²) in [7, 11) is 0. The molecular weight excluding hydrogens is 346 g/mol. The van der Waals surface area contributed by atoms with Gasteiger partial charge in [-0.05, 0) is 56.7 Å². The summed E-state index contributed by atoms with van der Waals surface area (Å²) in [5.74, 6) is 0.502. The minimum Gasteiger partial charge on any atom is -0.350 e. The first-order valence-electron chi connectivity index (χ1n) is 11.1. The lowest BCUT2D eigenvalue weighted by molar-refractivity contribution is -0.122. The van der Waals surface area contributed by atoms with Gasteiger partial charge in [0.2, 0.25) is 5.91 Å². The van der Waals surface area contributed by atoms with Crippen LogP contribution in [0.2, 0.25) is 0 Å². The molecule has 0 unspecified atom stereocenters. The fourth-order valence-corrected chi connectivity index (χ4v) is 6.19. The first-order valence-corrected chi connectivity index (χ1v) is 11.1. The summed E-state index contributed by atoms with van der Waals surface area (Å²) in [6.45, 7) is 5.39. The highest BCUT2D eigenvalue weighted by molar-refractivity contribution is 5.91. The molecule has 0 radical (unpaired) electrons. The van der Waals surface area contributed by atoms with Gasteiger partial charge in [0.1, 0.15) is 0 Å². The van der Waals surface area contributed by atoms with Crippen LogP contribution in [0.1, 0.15) is 56.3 Å². The van der Waals surface area contributed by atoms with E-state index in [0.29, 0.717) is 12.6 Å². The van der Waals surface area contributed by atoms with Crippen LogP contribution in [0, 0.1) is 11.3 Å². The summed E-state index contributed by atoms with van der Waals surface area (Å²) in [6, 6.07) is 9.37. The smallest absolute Gasteiger partial charge is 0.223 e. The average molecular weight is 376 g/mol. The number of piperidine rings is 1. The minimum atomic E-state index is 0.206. The lowest BCUT2D eigenvalue weighted by Gasteiger charge is -2.53. The molecule has 0 spiro atoms. The van der Waals surface area contributed by atoms with Gasteiger partial charge in [-0.25, -0.2) is 0 Å². The Balaban J connectivity index is 1.54. The molecule has 4 heterocycles. The van der Waals surface area contributed by atoms with Gasteiger partial charge in [-0.1, -0.05) is 31.2 Å². The Bertz CT molecular complexity index is 999. The van der Waals surface area contributed by atoms with Crippen molar-refractivity contribution >= 4 is 22.5 Å². The Hall–Kier alpha value is -2.07. The zero-order chi connectivity index (χ0) is 18.9. The highest BCUT2D eigenvalue weighted by atomic mass is 16.2. The molecule has 3 aliphatic heterocycles. The molecule has 2 atom stereocenters. The van der Waals surface area contributed by atoms with Crippen molar-refractivity contribution in [3.8, 4) is 0 Å². The van der Waals surface area contributed by atoms with E-state index < -0.39 is 0 Å². The Labute approximate surface area is 166 Å². The van der Waals surface area contributed by atoms with Crippen LogP contribution >= 0.6 is 0 Å². The van der Waals surface area contributed by atoms with Gasteiger partial charge in [0.25, 0.3) is 0 Å². The van der Waals surface area contributed by atoms with Crippen LogP contribution in [0.15, 0.2) is 30.3 Å². The third-order valence-corrected chi connectivity index (χ3v) is 7.72. The van der Waals surface area contributed by atoms with Gasteiger partial charge >= 0.3 is 0 Å². The van der Waals surface area contributed by atoms with E-state index in [1.807, 2.05) is 0 Å². The number of hydrogen-bond donors (Lipinski definition) is 1. The fourth-order valence-electron chi connectivity index (χ4n) is 6.19. The zero-order valence-corrected chi connectivity index (χ0v) is 16.7. The molecule has 1 aromatic heterocycles. The van der Waals surface area contributed by atoms with Crippen molar-refractivity contribution in [2.75, 3.05) is 19.6 Å². The minimum absolute atomic E-state index is 0.206. The largest absolute Gasteiger partial charge is 0.350 e. The van der Waals surface area contributed by atoms with Crippen LogP contribution in [-0.4, -0.2) is 35.0 Å². The van der Waals surface area contributed by atoms with Crippen molar-refractivity contribution in [3.05, 3.63) is 41.6 Å². The number of para-hydroxylation sites is 1. The molecule has 1 saturated carbocycles. The molecule has 1 aromatic carbocycles. The third kappa shape index (κ3) is 2.24. The van der Waals surface area contributed by atoms with Gasteiger partial charge in [0, 0.05) is 34.7 Å². The van der Waals surface area contributed by atoms with E-state index in [4.69, 9.17) is 0 Å². The monoisotopic (exact) mass is 375 g/mol. The number of fused-ring (bicyclic) bond motifs is 3. The molecule has 6 rings (SSSR count). The van der Waals surface area contributed by atoms with Crippen LogP contribution in [-0.2, 0) is 11.2 Å². The summed E-state index contributed by atoms with van der Waals surface area (Å²) in [6.07, 6.45) is 9.50. The third-order valence-electron chi connectivity index (χ3n) is 7.72. The fraction of sp³-hybridized carbons (Fsp3) is 0.542. The second-order valence-corrected chi connectivity index (χ2v) is 9.22. The van der Waals surface area contributed by atoms with Gasteiger partial charge in [0.05, 0.1) is 18.1 Å². The molecule has 0 bridgehead atoms. The maximum Gasteiger partial charge on any atom is 0.223 e. The first kappa shape index (κ1) is 16.8. The van der Waals surface area contributed by atoms with Crippen LogP contribution in [0.25, 0.3) is 16.6 Å². The molecular formula is C24H29N3O. The van der Waals surface area contributed by atoms with Crippen LogP contribution < -0.4 is 5.32 Å². The second kappa shape index (κ2) is 5.96. The summed E-state index contributed by atoms with van der Waals surface area (Å²) < 4.78 is 2.51. The number of carbonyl (C=O) groups excluding carboxylic acids is 1. The SMILES string of the molecule is CC[C@@]12C=C(CNC(=O)C3CC3)n3c4c(c5ccccc53)CCN(CCC1)[C@H]42. The van der Waals surface area contributed by atoms with E-state index in [1.165, 1.54) is 48.2 Å². The molecule has 1 saturated heterocycles. The quantitative estimate of drug-likeness (QED) is 0.873. The lowest BCUT2D eigenvalue weighted by atomic mass is 9.66. The normalized spacial score (nSPS) is 28.8. The summed E-state index contributed by atoms with van der Waals surface area (Å²) >= 11 is 0. The van der Waals surface area contributed by atoms with Crippen molar-refractivity contribution in [2.24, 2.45) is 11.3 Å². The van der Waals surface area contributed by atoms with Crippen LogP contribution in [0.4, 0.5) is 0 Å². The van der Waals surface area contributed by atoms with E-state index in [0.717, 1.165) is 25.7 Å². The van der Waals surface area contributed by atoms with E-state index in [1.54, 1.807) is 5.56 Å². The molecule has 1 amide bonds. The molecule has 4 nitrogen and oxygen atoms in total. The number of amides is 1. The van der Waals surface area contributed by atoms with Crippen LogP contribution in [0.5, 0.6) is 0 Å². The molecule has 1 aliphatic carbocycles. The van der Waals surface area contributed by atoms with Crippen molar-refractivity contribution in [1.29, 1.82) is 0 Å². The second-order valence-electron chi connectivity index (χ2n) is 9.22. The number of hydrogen-bond acceptors (Lipinski definition) is 2. The van der Waals surface area contributed by atoms with E-state index in [9.17, 15) is 4.79 Å². The number of rotatable bonds is 4. The predicted molar refractivity (Wildman–Crippen MR) is 112 cm³/mol. The Kier molecular flexibility index (Phi) is 3.59. The van der Waals surface area contributed by atoms with Gasteiger partial charge in [-0.15, -0.1) is 0 Å². The van der Waals surface area contributed by atoms with Crippen molar-refractivity contribution in [1.82, 2.24) is 14.8 Å². The molecule has 2 fully saturated rings. The van der Waals surface area contributed by atoms with Crippen LogP contribution in [0.3, 0.4) is 0 Å². The number of aromatic nitrogens is 1. The van der Waals surface area contributed by atoms with Crippen molar-refractivity contribution < 1.29 is 4.79 Å². The molecule has 146 valence electrons. The van der Waals surface area contributed by atoms with E-state index in [-0.39, 0.29) is 17.2 Å². The Morgan fingerprint density at radius 3 is 2.93 bits per heavy atom. The van der Waals surface area contributed by atoms with Crippen molar-refractivity contribution in [3.63, 3.8) is 0 Å². The van der Waals surface area contributed by atoms with Gasteiger partial charge in [-0.2, -0.15) is 0 Å². The number of benzene rings is 1. The van der Waals surface area contributed by atoms with E-state index in [2.05, 4.69) is 52.0 Å². The number of nitrogens with zero attached hydrogens (tertiary/aromatic N) is 2. The number of carbonyl (C=O) groups is 1. The molecule has 4 heteroatoms. The first-order chi connectivity index (χ1) is 13.7. The maximum absolute atomic E-state index is 12.4. The van der Waals surface area contributed by atoms with Gasteiger partial charge < -0.3 is 9.88 Å². The Morgan fingerprint density at radius 1 is 1.25 bits per heavy atom. The highest BCUT2D eigenvalue weighted by Gasteiger charge is 2.50. The lowest BCUT2D eigenvalue weighted by Crippen LogP contribution is -2.51. The topological polar surface area (TPSA) is 37.3 Å². The summed E-state index contributed by atoms with van der Waals surface area (Å²) in [4.78, 5) is 15.1. The molecule has 28 heavy (non-hydrogen) atoms. The molecule has 4 aliphatic rings. The average Bonchev–Trinajstić information content (AvgIpc) is 3.53. The predicted octanol–water partition coefficient (Wildman–Crippen LogP) is 4.11. The summed E-state index contributed by atoms with van der Waals surface area (Å²) in [5, 5.41) is 4.66. The van der Waals surface area contributed by atoms with Gasteiger partial charge in [0.15, 0.2) is 0 Å². The summed E-state index contributed by atoms with van der Waals surface area (Å²) in [5.41, 5.74) is 5.88. The highest BCUT2D eigenvalue weighted by Crippen LogP contribution is 2.56. The Morgan fingerprint density at radius 2 is 2.11 bits per heavy atom. The van der Waals surface area contributed by atoms with Gasteiger partial charge in [-0.3, -0.25) is 9.69 Å². The maximum atomic E-state index is 12.4. The zero-order valence-electron chi connectivity index (χ0n) is 16.7. The van der Waals surface area contributed by atoms with Crippen molar-refractivity contribution in [2.45, 2.75) is 51.5 Å². The standard InChI is InChI=1S/C24H29N3O/c1-2-24-11-5-12-26-13-10-19-18-6-3-4-7-20(18)27(21(19)22(24)26)17(14-24)15-25-23(28)16-8-9-16/h3-4,6-7,14,16,22H,2,5,8-13,15H2,1H3,(H,25,28)/t22-,24+/m1/s1. The molecule has 1 N–H and O–H groups in total. The molecule has 2 aromatic rings. The number of nitrogens with one attached hydrogen (secondary N) is 1. The van der Waals surface area contributed by atoms with E-state index >= 15 is 0 Å².